The fourth-order valence-electron chi connectivity index (χ4n) is 3.11. The van der Waals surface area contributed by atoms with E-state index in [0.717, 1.165) is 34.8 Å². The van der Waals surface area contributed by atoms with E-state index in [-0.39, 0.29) is 12.1 Å². The molecule has 1 aliphatic heterocycles. The Hall–Kier alpha value is -2.57. The third-order valence-corrected chi connectivity index (χ3v) is 5.86. The molecule has 1 unspecified atom stereocenters. The van der Waals surface area contributed by atoms with Crippen molar-refractivity contribution in [2.75, 3.05) is 0 Å². The summed E-state index contributed by atoms with van der Waals surface area (Å²) in [5.41, 5.74) is 4.49. The van der Waals surface area contributed by atoms with Crippen LogP contribution in [-0.4, -0.2) is 17.1 Å². The summed E-state index contributed by atoms with van der Waals surface area (Å²) < 4.78 is 0. The third-order valence-electron chi connectivity index (χ3n) is 4.63. The van der Waals surface area contributed by atoms with Crippen molar-refractivity contribution in [2.45, 2.75) is 32.5 Å². The van der Waals surface area contributed by atoms with Crippen LogP contribution in [0, 0.1) is 6.92 Å². The van der Waals surface area contributed by atoms with Crippen molar-refractivity contribution in [1.82, 2.24) is 10.3 Å². The number of thiazole rings is 1. The number of carbonyl (C=O) groups is 1. The zero-order valence-corrected chi connectivity index (χ0v) is 16.9. The topological polar surface area (TPSA) is 66.7 Å². The van der Waals surface area contributed by atoms with Crippen LogP contribution >= 0.6 is 22.9 Å². The Morgan fingerprint density at radius 1 is 1.18 bits per heavy atom. The number of rotatable bonds is 6. The van der Waals surface area contributed by atoms with Gasteiger partial charge in [0, 0.05) is 22.0 Å². The molecule has 2 aromatic carbocycles. The zero-order chi connectivity index (χ0) is 19.5. The van der Waals surface area contributed by atoms with Gasteiger partial charge >= 0.3 is 0 Å². The SMILES string of the molecule is Cc1ncsc1CCC1N=c2ccc(C(=O)NCc3cccc(Cl)c3)cc2=N1. The van der Waals surface area contributed by atoms with E-state index < -0.39 is 0 Å². The first-order valence-corrected chi connectivity index (χ1v) is 10.3. The van der Waals surface area contributed by atoms with E-state index in [2.05, 4.69) is 20.3 Å². The Kier molecular flexibility index (Phi) is 5.50. The smallest absolute Gasteiger partial charge is 0.251 e. The van der Waals surface area contributed by atoms with Gasteiger partial charge < -0.3 is 5.32 Å². The van der Waals surface area contributed by atoms with Crippen molar-refractivity contribution >= 4 is 28.8 Å². The summed E-state index contributed by atoms with van der Waals surface area (Å²) in [7, 11) is 0. The van der Waals surface area contributed by atoms with Gasteiger partial charge in [0.15, 0.2) is 0 Å². The Balaban J connectivity index is 1.41. The molecule has 2 heterocycles. The molecule has 0 aliphatic carbocycles. The second-order valence-corrected chi connectivity index (χ2v) is 8.03. The first-order chi connectivity index (χ1) is 13.6. The van der Waals surface area contributed by atoms with E-state index in [1.165, 1.54) is 4.88 Å². The highest BCUT2D eigenvalue weighted by Gasteiger charge is 2.14. The van der Waals surface area contributed by atoms with E-state index >= 15 is 0 Å². The van der Waals surface area contributed by atoms with Gasteiger partial charge in [-0.3, -0.25) is 14.8 Å². The van der Waals surface area contributed by atoms with Crippen LogP contribution in [0.2, 0.25) is 5.02 Å². The lowest BCUT2D eigenvalue weighted by molar-refractivity contribution is 0.0950. The van der Waals surface area contributed by atoms with E-state index in [0.29, 0.717) is 17.1 Å². The minimum absolute atomic E-state index is 0.0960. The fourth-order valence-corrected chi connectivity index (χ4v) is 4.12. The number of nitrogens with zero attached hydrogens (tertiary/aromatic N) is 3. The maximum absolute atomic E-state index is 12.5. The van der Waals surface area contributed by atoms with Crippen molar-refractivity contribution in [3.63, 3.8) is 0 Å². The van der Waals surface area contributed by atoms with Gasteiger partial charge in [-0.1, -0.05) is 23.7 Å². The highest BCUT2D eigenvalue weighted by molar-refractivity contribution is 7.09. The molecule has 1 N–H and O–H groups in total. The van der Waals surface area contributed by atoms with Crippen LogP contribution in [-0.2, 0) is 13.0 Å². The molecule has 4 rings (SSSR count). The van der Waals surface area contributed by atoms with Crippen LogP contribution in [0.25, 0.3) is 0 Å². The number of halogens is 1. The van der Waals surface area contributed by atoms with Gasteiger partial charge in [-0.25, -0.2) is 4.98 Å². The summed E-state index contributed by atoms with van der Waals surface area (Å²) in [6, 6.07) is 12.9. The minimum Gasteiger partial charge on any atom is -0.348 e. The van der Waals surface area contributed by atoms with Gasteiger partial charge in [0.2, 0.25) is 0 Å². The molecule has 7 heteroatoms. The van der Waals surface area contributed by atoms with E-state index in [1.54, 1.807) is 17.4 Å². The molecule has 0 radical (unpaired) electrons. The van der Waals surface area contributed by atoms with Gasteiger partial charge in [0.25, 0.3) is 5.91 Å². The molecule has 28 heavy (non-hydrogen) atoms. The Labute approximate surface area is 171 Å². The Bertz CT molecular complexity index is 1140. The van der Waals surface area contributed by atoms with Crippen molar-refractivity contribution in [1.29, 1.82) is 0 Å². The number of aromatic nitrogens is 1. The number of fused-ring (bicyclic) bond motifs is 1. The van der Waals surface area contributed by atoms with Gasteiger partial charge in [-0.05, 0) is 55.7 Å². The standard InChI is InChI=1S/C21H19ClN4OS/c1-13-19(28-12-24-13)7-8-20-25-17-6-5-15(10-18(17)26-20)21(27)23-11-14-3-2-4-16(22)9-14/h2-6,9-10,12,20H,7-8,11H2,1H3,(H,23,27). The number of hydrogen-bond donors (Lipinski definition) is 1. The second-order valence-electron chi connectivity index (χ2n) is 6.65. The largest absolute Gasteiger partial charge is 0.348 e. The molecule has 1 aromatic heterocycles. The normalized spacial score (nSPS) is 14.9. The maximum atomic E-state index is 12.5. The van der Waals surface area contributed by atoms with E-state index in [9.17, 15) is 4.79 Å². The summed E-state index contributed by atoms with van der Waals surface area (Å²) >= 11 is 7.66. The van der Waals surface area contributed by atoms with Crippen LogP contribution in [0.4, 0.5) is 0 Å². The number of aryl methyl sites for hydroxylation is 2. The van der Waals surface area contributed by atoms with Crippen LogP contribution in [0.3, 0.4) is 0 Å². The Morgan fingerprint density at radius 2 is 2.04 bits per heavy atom. The highest BCUT2D eigenvalue weighted by atomic mass is 35.5. The summed E-state index contributed by atoms with van der Waals surface area (Å²) in [4.78, 5) is 27.4. The average Bonchev–Trinajstić information content (AvgIpc) is 3.29. The highest BCUT2D eigenvalue weighted by Crippen LogP contribution is 2.16. The monoisotopic (exact) mass is 410 g/mol. The molecule has 3 aromatic rings. The molecule has 0 bridgehead atoms. The van der Waals surface area contributed by atoms with Crippen molar-refractivity contribution in [2.24, 2.45) is 9.98 Å². The summed E-state index contributed by atoms with van der Waals surface area (Å²) in [5.74, 6) is -0.137. The number of hydrogen-bond acceptors (Lipinski definition) is 5. The minimum atomic E-state index is -0.137. The lowest BCUT2D eigenvalue weighted by Crippen LogP contribution is -2.27. The molecule has 1 atom stereocenters. The summed E-state index contributed by atoms with van der Waals surface area (Å²) in [6.07, 6.45) is 1.66. The van der Waals surface area contributed by atoms with Crippen molar-refractivity contribution in [3.05, 3.63) is 85.4 Å². The lowest BCUT2D eigenvalue weighted by Gasteiger charge is -2.05. The first kappa shape index (κ1) is 18.8. The van der Waals surface area contributed by atoms with E-state index in [1.807, 2.05) is 48.8 Å². The molecule has 142 valence electrons. The zero-order valence-electron chi connectivity index (χ0n) is 15.4. The first-order valence-electron chi connectivity index (χ1n) is 9.06. The Morgan fingerprint density at radius 3 is 2.82 bits per heavy atom. The molecule has 0 saturated carbocycles. The summed E-state index contributed by atoms with van der Waals surface area (Å²) in [5, 5.41) is 5.20. The predicted octanol–water partition coefficient (Wildman–Crippen LogP) is 3.25. The molecular weight excluding hydrogens is 392 g/mol. The van der Waals surface area contributed by atoms with Gasteiger partial charge in [0.1, 0.15) is 6.17 Å². The lowest BCUT2D eigenvalue weighted by atomic mass is 10.2. The third kappa shape index (κ3) is 4.29. The quantitative estimate of drug-likeness (QED) is 0.677. The van der Waals surface area contributed by atoms with Gasteiger partial charge in [-0.15, -0.1) is 11.3 Å². The second kappa shape index (κ2) is 8.20. The number of amides is 1. The van der Waals surface area contributed by atoms with Crippen LogP contribution in [0.1, 0.15) is 32.9 Å². The van der Waals surface area contributed by atoms with Crippen molar-refractivity contribution < 1.29 is 4.79 Å². The van der Waals surface area contributed by atoms with Gasteiger partial charge in [0.05, 0.1) is 21.9 Å². The molecular formula is C21H19ClN4OS. The van der Waals surface area contributed by atoms with Gasteiger partial charge in [-0.2, -0.15) is 0 Å². The van der Waals surface area contributed by atoms with E-state index in [4.69, 9.17) is 11.6 Å². The molecule has 5 nitrogen and oxygen atoms in total. The number of nitrogens with one attached hydrogen (secondary N) is 1. The molecule has 0 spiro atoms. The molecule has 1 aliphatic rings. The number of benzene rings is 2. The molecule has 0 saturated heterocycles. The van der Waals surface area contributed by atoms with Crippen LogP contribution in [0.5, 0.6) is 0 Å². The number of carbonyl (C=O) groups excluding carboxylic acids is 1. The fraction of sp³-hybridized carbons (Fsp3) is 0.238. The van der Waals surface area contributed by atoms with Crippen LogP contribution in [0.15, 0.2) is 58.0 Å². The molecule has 1 amide bonds. The predicted molar refractivity (Wildman–Crippen MR) is 110 cm³/mol. The molecule has 0 fully saturated rings. The maximum Gasteiger partial charge on any atom is 0.251 e. The van der Waals surface area contributed by atoms with Crippen molar-refractivity contribution in [3.8, 4) is 0 Å². The average molecular weight is 411 g/mol. The summed E-state index contributed by atoms with van der Waals surface area (Å²) in [6.45, 7) is 2.45. The van der Waals surface area contributed by atoms with Crippen LogP contribution < -0.4 is 16.0 Å².